The van der Waals surface area contributed by atoms with Crippen molar-refractivity contribution in [2.24, 2.45) is 5.92 Å². The van der Waals surface area contributed by atoms with Crippen LogP contribution in [0.4, 0.5) is 0 Å². The molecule has 0 spiro atoms. The van der Waals surface area contributed by atoms with Crippen LogP contribution in [-0.2, 0) is 0 Å². The summed E-state index contributed by atoms with van der Waals surface area (Å²) in [6.07, 6.45) is 0. The molecule has 1 atom stereocenters. The molecular formula is C7H15N2. The molecule has 1 aliphatic rings. The van der Waals surface area contributed by atoms with Gasteiger partial charge in [0.1, 0.15) is 0 Å². The van der Waals surface area contributed by atoms with E-state index < -0.39 is 0 Å². The summed E-state index contributed by atoms with van der Waals surface area (Å²) in [5, 5.41) is 6.63. The van der Waals surface area contributed by atoms with Gasteiger partial charge in [-0.25, -0.2) is 0 Å². The van der Waals surface area contributed by atoms with Gasteiger partial charge in [0.2, 0.25) is 0 Å². The van der Waals surface area contributed by atoms with Gasteiger partial charge >= 0.3 is 0 Å². The van der Waals surface area contributed by atoms with Crippen LogP contribution in [0.5, 0.6) is 0 Å². The van der Waals surface area contributed by atoms with Crippen molar-refractivity contribution in [1.82, 2.24) is 10.6 Å². The molecule has 2 heteroatoms. The van der Waals surface area contributed by atoms with Crippen molar-refractivity contribution >= 4 is 0 Å². The summed E-state index contributed by atoms with van der Waals surface area (Å²) in [7, 11) is 0. The van der Waals surface area contributed by atoms with Crippen LogP contribution in [0.25, 0.3) is 0 Å². The van der Waals surface area contributed by atoms with Gasteiger partial charge in [-0.3, -0.25) is 0 Å². The molecule has 1 fully saturated rings. The summed E-state index contributed by atoms with van der Waals surface area (Å²) in [6.45, 7) is 8.63. The first-order chi connectivity index (χ1) is 4.30. The number of rotatable bonds is 1. The van der Waals surface area contributed by atoms with Gasteiger partial charge in [-0.1, -0.05) is 13.8 Å². The van der Waals surface area contributed by atoms with Crippen LogP contribution >= 0.6 is 0 Å². The molecule has 1 radical (unpaired) electrons. The number of hydrogen-bond acceptors (Lipinski definition) is 2. The largest absolute Gasteiger partial charge is 0.311 e. The molecule has 2 N–H and O–H groups in total. The summed E-state index contributed by atoms with van der Waals surface area (Å²) < 4.78 is 0. The van der Waals surface area contributed by atoms with Gasteiger partial charge in [-0.15, -0.1) is 0 Å². The SMILES string of the molecule is CC(C)[C@H]1CN[CH]CN1. The molecule has 1 heterocycles. The maximum absolute atomic E-state index is 3.40. The fraction of sp³-hybridized carbons (Fsp3) is 0.857. The summed E-state index contributed by atoms with van der Waals surface area (Å²) >= 11 is 0. The quantitative estimate of drug-likeness (QED) is 0.531. The molecule has 53 valence electrons. The molecule has 0 bridgehead atoms. The Morgan fingerprint density at radius 2 is 2.33 bits per heavy atom. The molecule has 0 aromatic heterocycles. The second-order valence-corrected chi connectivity index (χ2v) is 2.87. The lowest BCUT2D eigenvalue weighted by atomic mass is 10.0. The molecule has 0 amide bonds. The third kappa shape index (κ3) is 1.95. The average molecular weight is 127 g/mol. The standard InChI is InChI=1S/C7H15N2/c1-6(2)7-5-8-3-4-9-7/h3,6-9H,4-5H2,1-2H3/t7-/m1/s1. The van der Waals surface area contributed by atoms with E-state index in [-0.39, 0.29) is 0 Å². The topological polar surface area (TPSA) is 24.1 Å². The number of piperazine rings is 1. The van der Waals surface area contributed by atoms with Crippen LogP contribution < -0.4 is 10.6 Å². The zero-order valence-corrected chi connectivity index (χ0v) is 6.15. The van der Waals surface area contributed by atoms with Gasteiger partial charge in [0.25, 0.3) is 0 Å². The van der Waals surface area contributed by atoms with Crippen molar-refractivity contribution in [3.05, 3.63) is 6.54 Å². The highest BCUT2D eigenvalue weighted by molar-refractivity contribution is 4.83. The highest BCUT2D eigenvalue weighted by atomic mass is 15.1. The van der Waals surface area contributed by atoms with E-state index in [0.717, 1.165) is 19.0 Å². The van der Waals surface area contributed by atoms with Crippen molar-refractivity contribution in [3.8, 4) is 0 Å². The first-order valence-electron chi connectivity index (χ1n) is 3.59. The first-order valence-corrected chi connectivity index (χ1v) is 3.59. The van der Waals surface area contributed by atoms with Crippen LogP contribution in [-0.4, -0.2) is 19.1 Å². The zero-order valence-electron chi connectivity index (χ0n) is 6.15. The Balaban J connectivity index is 2.23. The second kappa shape index (κ2) is 3.18. The molecule has 9 heavy (non-hydrogen) atoms. The van der Waals surface area contributed by atoms with Crippen molar-refractivity contribution < 1.29 is 0 Å². The van der Waals surface area contributed by atoms with Crippen molar-refractivity contribution in [3.63, 3.8) is 0 Å². The van der Waals surface area contributed by atoms with Crippen LogP contribution in [0.1, 0.15) is 13.8 Å². The Labute approximate surface area is 57.0 Å². The summed E-state index contributed by atoms with van der Waals surface area (Å²) in [4.78, 5) is 0. The maximum atomic E-state index is 3.40. The highest BCUT2D eigenvalue weighted by Crippen LogP contribution is 2.02. The molecule has 0 aromatic carbocycles. The minimum atomic E-state index is 0.662. The maximum Gasteiger partial charge on any atom is 0.0359 e. The fourth-order valence-electron chi connectivity index (χ4n) is 1.04. The Morgan fingerprint density at radius 3 is 2.67 bits per heavy atom. The summed E-state index contributed by atoms with van der Waals surface area (Å²) in [5.74, 6) is 0.742. The normalized spacial score (nSPS) is 29.0. The van der Waals surface area contributed by atoms with E-state index in [2.05, 4.69) is 31.0 Å². The molecule has 0 aromatic rings. The van der Waals surface area contributed by atoms with E-state index in [1.54, 1.807) is 0 Å². The molecular weight excluding hydrogens is 112 g/mol. The Bertz CT molecular complexity index is 75.0. The third-order valence-electron chi connectivity index (χ3n) is 1.77. The summed E-state index contributed by atoms with van der Waals surface area (Å²) in [5.41, 5.74) is 0. The van der Waals surface area contributed by atoms with Crippen molar-refractivity contribution in [2.45, 2.75) is 19.9 Å². The van der Waals surface area contributed by atoms with E-state index in [4.69, 9.17) is 0 Å². The zero-order chi connectivity index (χ0) is 6.69. The molecule has 0 aliphatic carbocycles. The molecule has 1 rings (SSSR count). The van der Waals surface area contributed by atoms with Crippen LogP contribution in [0.15, 0.2) is 0 Å². The second-order valence-electron chi connectivity index (χ2n) is 2.87. The average Bonchev–Trinajstić information content (AvgIpc) is 1.90. The van der Waals surface area contributed by atoms with E-state index in [1.807, 2.05) is 0 Å². The molecule has 0 unspecified atom stereocenters. The molecule has 2 nitrogen and oxygen atoms in total. The van der Waals surface area contributed by atoms with Gasteiger partial charge in [0, 0.05) is 25.7 Å². The third-order valence-corrected chi connectivity index (χ3v) is 1.77. The lowest BCUT2D eigenvalue weighted by molar-refractivity contribution is 0.364. The van der Waals surface area contributed by atoms with Crippen molar-refractivity contribution in [2.75, 3.05) is 13.1 Å². The minimum absolute atomic E-state index is 0.662. The van der Waals surface area contributed by atoms with Crippen LogP contribution in [0, 0.1) is 12.5 Å². The molecule has 1 aliphatic heterocycles. The monoisotopic (exact) mass is 127 g/mol. The summed E-state index contributed by atoms with van der Waals surface area (Å²) in [6, 6.07) is 0.662. The predicted molar refractivity (Wildman–Crippen MR) is 38.9 cm³/mol. The highest BCUT2D eigenvalue weighted by Gasteiger charge is 2.14. The lowest BCUT2D eigenvalue weighted by Gasteiger charge is -2.27. The van der Waals surface area contributed by atoms with Crippen LogP contribution in [0.2, 0.25) is 0 Å². The first kappa shape index (κ1) is 7.03. The Kier molecular flexibility index (Phi) is 2.49. The van der Waals surface area contributed by atoms with E-state index in [0.29, 0.717) is 6.04 Å². The van der Waals surface area contributed by atoms with Gasteiger partial charge in [-0.05, 0) is 5.92 Å². The molecule has 0 saturated carbocycles. The van der Waals surface area contributed by atoms with E-state index in [9.17, 15) is 0 Å². The van der Waals surface area contributed by atoms with Gasteiger partial charge in [-0.2, -0.15) is 0 Å². The van der Waals surface area contributed by atoms with Gasteiger partial charge < -0.3 is 10.6 Å². The number of nitrogens with one attached hydrogen (secondary N) is 2. The smallest absolute Gasteiger partial charge is 0.0359 e. The Hall–Kier alpha value is -0.0800. The fourth-order valence-corrected chi connectivity index (χ4v) is 1.04. The predicted octanol–water partition coefficient (Wildman–Crippen LogP) is 0.366. The van der Waals surface area contributed by atoms with Gasteiger partial charge in [0.15, 0.2) is 0 Å². The minimum Gasteiger partial charge on any atom is -0.311 e. The number of hydrogen-bond donors (Lipinski definition) is 2. The molecule has 1 saturated heterocycles. The van der Waals surface area contributed by atoms with Gasteiger partial charge in [0.05, 0.1) is 0 Å². The van der Waals surface area contributed by atoms with Crippen LogP contribution in [0.3, 0.4) is 0 Å². The van der Waals surface area contributed by atoms with Crippen molar-refractivity contribution in [1.29, 1.82) is 0 Å². The lowest BCUT2D eigenvalue weighted by Crippen LogP contribution is -2.48. The van der Waals surface area contributed by atoms with E-state index >= 15 is 0 Å². The van der Waals surface area contributed by atoms with E-state index in [1.165, 1.54) is 0 Å². The Morgan fingerprint density at radius 1 is 1.56 bits per heavy atom.